The summed E-state index contributed by atoms with van der Waals surface area (Å²) >= 11 is 0. The van der Waals surface area contributed by atoms with E-state index in [0.717, 1.165) is 24.2 Å². The Morgan fingerprint density at radius 1 is 1.55 bits per heavy atom. The number of aromatic amines is 1. The Balaban J connectivity index is 1.83. The number of nitrogens with one attached hydrogen (secondary N) is 1. The largest absolute Gasteiger partial charge is 0.377 e. The molecule has 1 aliphatic rings. The van der Waals surface area contributed by atoms with E-state index in [-0.39, 0.29) is 11.9 Å². The minimum absolute atomic E-state index is 0.0582. The molecule has 1 fully saturated rings. The first-order chi connectivity index (χ1) is 10.7. The number of H-pyrrole nitrogens is 1. The number of carbonyl (C=O) groups excluding carboxylic acids is 1. The van der Waals surface area contributed by atoms with Crippen molar-refractivity contribution in [2.24, 2.45) is 0 Å². The summed E-state index contributed by atoms with van der Waals surface area (Å²) in [6, 6.07) is 1.64. The molecular formula is C15H21N5O2. The molecule has 7 heteroatoms. The zero-order valence-electron chi connectivity index (χ0n) is 13.0. The van der Waals surface area contributed by atoms with Gasteiger partial charge in [-0.25, -0.2) is 0 Å². The van der Waals surface area contributed by atoms with Crippen molar-refractivity contribution in [3.05, 3.63) is 35.4 Å². The van der Waals surface area contributed by atoms with Crippen LogP contribution in [0.1, 0.15) is 41.1 Å². The molecular weight excluding hydrogens is 282 g/mol. The Bertz CT molecular complexity index is 648. The first kappa shape index (κ1) is 14.8. The first-order valence-corrected chi connectivity index (χ1v) is 7.62. The molecule has 1 amide bonds. The second kappa shape index (κ2) is 6.31. The molecule has 0 radical (unpaired) electrons. The lowest BCUT2D eigenvalue weighted by atomic mass is 10.1. The van der Waals surface area contributed by atoms with Crippen LogP contribution in [0, 0.1) is 6.92 Å². The van der Waals surface area contributed by atoms with E-state index in [1.54, 1.807) is 12.3 Å². The molecule has 118 valence electrons. The van der Waals surface area contributed by atoms with Gasteiger partial charge in [0.15, 0.2) is 0 Å². The van der Waals surface area contributed by atoms with Gasteiger partial charge in [0.25, 0.3) is 5.91 Å². The molecule has 1 saturated heterocycles. The van der Waals surface area contributed by atoms with Crippen molar-refractivity contribution in [1.29, 1.82) is 0 Å². The smallest absolute Gasteiger partial charge is 0.275 e. The van der Waals surface area contributed by atoms with Crippen LogP contribution >= 0.6 is 0 Å². The fourth-order valence-corrected chi connectivity index (χ4v) is 2.76. The number of aromatic nitrogens is 4. The van der Waals surface area contributed by atoms with Gasteiger partial charge in [-0.3, -0.25) is 14.6 Å². The number of amides is 1. The highest BCUT2D eigenvalue weighted by molar-refractivity contribution is 5.92. The maximum atomic E-state index is 12.8. The summed E-state index contributed by atoms with van der Waals surface area (Å²) in [6.07, 6.45) is 4.61. The lowest BCUT2D eigenvalue weighted by Crippen LogP contribution is -2.44. The molecule has 0 aromatic carbocycles. The summed E-state index contributed by atoms with van der Waals surface area (Å²) < 4.78 is 7.36. The van der Waals surface area contributed by atoms with Crippen LogP contribution in [0.15, 0.2) is 18.5 Å². The zero-order valence-corrected chi connectivity index (χ0v) is 13.0. The minimum Gasteiger partial charge on any atom is -0.377 e. The van der Waals surface area contributed by atoms with Crippen molar-refractivity contribution in [3.8, 4) is 0 Å². The van der Waals surface area contributed by atoms with Gasteiger partial charge in [0.2, 0.25) is 0 Å². The second-order valence-electron chi connectivity index (χ2n) is 5.52. The van der Waals surface area contributed by atoms with Crippen molar-refractivity contribution in [1.82, 2.24) is 24.9 Å². The number of morpholine rings is 1. The van der Waals surface area contributed by atoms with Gasteiger partial charge in [0, 0.05) is 19.3 Å². The van der Waals surface area contributed by atoms with E-state index in [2.05, 4.69) is 22.2 Å². The van der Waals surface area contributed by atoms with Crippen LogP contribution in [-0.2, 0) is 11.3 Å². The van der Waals surface area contributed by atoms with Gasteiger partial charge in [-0.2, -0.15) is 10.2 Å². The van der Waals surface area contributed by atoms with Crippen LogP contribution in [0.25, 0.3) is 0 Å². The molecule has 0 spiro atoms. The Hall–Kier alpha value is -2.15. The minimum atomic E-state index is -0.139. The van der Waals surface area contributed by atoms with E-state index in [4.69, 9.17) is 4.74 Å². The van der Waals surface area contributed by atoms with Crippen molar-refractivity contribution in [2.45, 2.75) is 32.9 Å². The summed E-state index contributed by atoms with van der Waals surface area (Å²) in [5, 5.41) is 11.4. The van der Waals surface area contributed by atoms with Crippen LogP contribution in [0.2, 0.25) is 0 Å². The van der Waals surface area contributed by atoms with Gasteiger partial charge in [-0.1, -0.05) is 6.92 Å². The molecule has 2 aromatic rings. The third-order valence-corrected chi connectivity index (χ3v) is 3.90. The van der Waals surface area contributed by atoms with E-state index < -0.39 is 0 Å². The number of rotatable bonds is 4. The van der Waals surface area contributed by atoms with Gasteiger partial charge in [-0.05, 0) is 25.0 Å². The first-order valence-electron chi connectivity index (χ1n) is 7.62. The number of ether oxygens (including phenoxy) is 1. The average molecular weight is 303 g/mol. The van der Waals surface area contributed by atoms with Crippen LogP contribution < -0.4 is 0 Å². The van der Waals surface area contributed by atoms with Crippen LogP contribution in [-0.4, -0.2) is 50.5 Å². The Kier molecular flexibility index (Phi) is 4.24. The average Bonchev–Trinajstić information content (AvgIpc) is 3.16. The molecule has 3 heterocycles. The van der Waals surface area contributed by atoms with Crippen molar-refractivity contribution < 1.29 is 9.53 Å². The highest BCUT2D eigenvalue weighted by Crippen LogP contribution is 2.26. The number of hydrogen-bond acceptors (Lipinski definition) is 4. The summed E-state index contributed by atoms with van der Waals surface area (Å²) in [5.41, 5.74) is 2.45. The van der Waals surface area contributed by atoms with Crippen molar-refractivity contribution in [2.75, 3.05) is 19.8 Å². The van der Waals surface area contributed by atoms with Gasteiger partial charge >= 0.3 is 0 Å². The van der Waals surface area contributed by atoms with Crippen LogP contribution in [0.3, 0.4) is 0 Å². The lowest BCUT2D eigenvalue weighted by molar-refractivity contribution is -0.00442. The number of nitrogens with zero attached hydrogens (tertiary/aromatic N) is 4. The Labute approximate surface area is 129 Å². The third kappa shape index (κ3) is 2.76. The molecule has 0 bridgehead atoms. The molecule has 1 aliphatic heterocycles. The quantitative estimate of drug-likeness (QED) is 0.929. The van der Waals surface area contributed by atoms with E-state index in [1.807, 2.05) is 22.7 Å². The third-order valence-electron chi connectivity index (χ3n) is 3.90. The summed E-state index contributed by atoms with van der Waals surface area (Å²) in [4.78, 5) is 14.6. The normalized spacial score (nSPS) is 18.6. The molecule has 0 aliphatic carbocycles. The highest BCUT2D eigenvalue weighted by atomic mass is 16.5. The van der Waals surface area contributed by atoms with E-state index in [1.165, 1.54) is 0 Å². The van der Waals surface area contributed by atoms with Gasteiger partial charge < -0.3 is 9.64 Å². The van der Waals surface area contributed by atoms with E-state index in [0.29, 0.717) is 25.5 Å². The monoisotopic (exact) mass is 303 g/mol. The van der Waals surface area contributed by atoms with Gasteiger partial charge in [0.1, 0.15) is 5.69 Å². The molecule has 0 saturated carbocycles. The molecule has 7 nitrogen and oxygen atoms in total. The fourth-order valence-electron chi connectivity index (χ4n) is 2.76. The number of carbonyl (C=O) groups is 1. The predicted octanol–water partition coefficient (Wildman–Crippen LogP) is 1.54. The van der Waals surface area contributed by atoms with Gasteiger partial charge in [-0.15, -0.1) is 0 Å². The summed E-state index contributed by atoms with van der Waals surface area (Å²) in [5.74, 6) is -0.0582. The topological polar surface area (TPSA) is 76.0 Å². The molecule has 0 unspecified atom stereocenters. The summed E-state index contributed by atoms with van der Waals surface area (Å²) in [6.45, 7) is 6.46. The maximum Gasteiger partial charge on any atom is 0.275 e. The van der Waals surface area contributed by atoms with Crippen molar-refractivity contribution in [3.63, 3.8) is 0 Å². The standard InChI is InChI=1S/C15H21N5O2/c1-3-5-19-6-4-12(18-19)15(21)20-7-8-22-10-13(20)14-11(2)9-16-17-14/h4,6,9,13H,3,5,7-8,10H2,1-2H3,(H,16,17)/t13-/m1/s1. The molecule has 1 atom stereocenters. The summed E-state index contributed by atoms with van der Waals surface area (Å²) in [7, 11) is 0. The molecule has 2 aromatic heterocycles. The highest BCUT2D eigenvalue weighted by Gasteiger charge is 2.32. The van der Waals surface area contributed by atoms with E-state index in [9.17, 15) is 4.79 Å². The number of hydrogen-bond donors (Lipinski definition) is 1. The Morgan fingerprint density at radius 2 is 2.41 bits per heavy atom. The number of aryl methyl sites for hydroxylation is 2. The second-order valence-corrected chi connectivity index (χ2v) is 5.52. The van der Waals surface area contributed by atoms with Crippen LogP contribution in [0.5, 0.6) is 0 Å². The van der Waals surface area contributed by atoms with E-state index >= 15 is 0 Å². The van der Waals surface area contributed by atoms with Gasteiger partial charge in [0.05, 0.1) is 31.1 Å². The zero-order chi connectivity index (χ0) is 15.5. The fraction of sp³-hybridized carbons (Fsp3) is 0.533. The Morgan fingerprint density at radius 3 is 3.14 bits per heavy atom. The predicted molar refractivity (Wildman–Crippen MR) is 80.4 cm³/mol. The molecule has 22 heavy (non-hydrogen) atoms. The molecule has 1 N–H and O–H groups in total. The maximum absolute atomic E-state index is 12.8. The SMILES string of the molecule is CCCn1ccc(C(=O)N2CCOC[C@@H]2c2[nH]ncc2C)n1. The van der Waals surface area contributed by atoms with Crippen LogP contribution in [0.4, 0.5) is 0 Å². The molecule has 3 rings (SSSR count). The van der Waals surface area contributed by atoms with Crippen molar-refractivity contribution >= 4 is 5.91 Å². The lowest BCUT2D eigenvalue weighted by Gasteiger charge is -2.34.